The van der Waals surface area contributed by atoms with Gasteiger partial charge in [0.2, 0.25) is 0 Å². The Kier molecular flexibility index (Phi) is 7.95. The van der Waals surface area contributed by atoms with Crippen molar-refractivity contribution in [3.8, 4) is 0 Å². The van der Waals surface area contributed by atoms with E-state index in [0.29, 0.717) is 0 Å². The van der Waals surface area contributed by atoms with Gasteiger partial charge in [-0.2, -0.15) is 0 Å². The molecule has 1 atom stereocenters. The number of carbonyl (C=O) groups is 3. The van der Waals surface area contributed by atoms with E-state index in [1.54, 1.807) is 38.1 Å². The van der Waals surface area contributed by atoms with E-state index >= 15 is 0 Å². The summed E-state index contributed by atoms with van der Waals surface area (Å²) in [4.78, 5) is 36.2. The first-order valence-corrected chi connectivity index (χ1v) is 8.28. The molecule has 0 radical (unpaired) electrons. The van der Waals surface area contributed by atoms with Crippen LogP contribution >= 0.6 is 15.9 Å². The summed E-state index contributed by atoms with van der Waals surface area (Å²) < 4.78 is 10.9. The standard InChI is InChI=1S/C17H21BrO5/c1-4-22-16(20)15(17(21)23-5-2)14(10-11(3)19)12-6-8-13(18)9-7-12/h6-9,14-15H,4-5,10H2,1-3H3/t14-/m1/s1. The highest BCUT2D eigenvalue weighted by atomic mass is 79.9. The molecule has 0 heterocycles. The van der Waals surface area contributed by atoms with Gasteiger partial charge < -0.3 is 14.3 Å². The van der Waals surface area contributed by atoms with Crippen LogP contribution in [0.1, 0.15) is 38.7 Å². The minimum Gasteiger partial charge on any atom is -0.465 e. The van der Waals surface area contributed by atoms with E-state index in [1.165, 1.54) is 6.92 Å². The summed E-state index contributed by atoms with van der Waals surface area (Å²) in [5, 5.41) is 0. The largest absolute Gasteiger partial charge is 0.465 e. The molecule has 0 aromatic heterocycles. The zero-order valence-electron chi connectivity index (χ0n) is 13.5. The number of rotatable bonds is 8. The predicted molar refractivity (Wildman–Crippen MR) is 88.9 cm³/mol. The fourth-order valence-corrected chi connectivity index (χ4v) is 2.60. The molecule has 0 fully saturated rings. The molecule has 126 valence electrons. The van der Waals surface area contributed by atoms with Gasteiger partial charge in [0.05, 0.1) is 13.2 Å². The van der Waals surface area contributed by atoms with Crippen molar-refractivity contribution in [2.75, 3.05) is 13.2 Å². The number of benzene rings is 1. The summed E-state index contributed by atoms with van der Waals surface area (Å²) in [5.74, 6) is -3.21. The molecule has 1 rings (SSSR count). The Morgan fingerprint density at radius 3 is 1.87 bits per heavy atom. The second-order valence-corrected chi connectivity index (χ2v) is 5.96. The van der Waals surface area contributed by atoms with E-state index in [1.807, 2.05) is 0 Å². The molecule has 0 N–H and O–H groups in total. The topological polar surface area (TPSA) is 69.7 Å². The molecule has 0 aliphatic carbocycles. The van der Waals surface area contributed by atoms with Crippen LogP contribution in [0.2, 0.25) is 0 Å². The molecular formula is C17H21BrO5. The lowest BCUT2D eigenvalue weighted by Gasteiger charge is -2.24. The summed E-state index contributed by atoms with van der Waals surface area (Å²) >= 11 is 3.34. The summed E-state index contributed by atoms with van der Waals surface area (Å²) in [5.41, 5.74) is 0.717. The summed E-state index contributed by atoms with van der Waals surface area (Å²) in [7, 11) is 0. The molecule has 6 heteroatoms. The zero-order valence-corrected chi connectivity index (χ0v) is 15.1. The number of ether oxygens (including phenoxy) is 2. The lowest BCUT2D eigenvalue weighted by Crippen LogP contribution is -2.34. The third kappa shape index (κ3) is 5.78. The number of ketones is 1. The van der Waals surface area contributed by atoms with Gasteiger partial charge >= 0.3 is 11.9 Å². The van der Waals surface area contributed by atoms with Gasteiger partial charge in [-0.1, -0.05) is 28.1 Å². The Balaban J connectivity index is 3.24. The van der Waals surface area contributed by atoms with Gasteiger partial charge in [-0.25, -0.2) is 0 Å². The molecule has 1 aromatic carbocycles. The van der Waals surface area contributed by atoms with Gasteiger partial charge in [-0.3, -0.25) is 9.59 Å². The molecule has 5 nitrogen and oxygen atoms in total. The van der Waals surface area contributed by atoms with Crippen molar-refractivity contribution in [1.29, 1.82) is 0 Å². The van der Waals surface area contributed by atoms with Gasteiger partial charge in [-0.15, -0.1) is 0 Å². The van der Waals surface area contributed by atoms with Crippen LogP contribution in [-0.2, 0) is 23.9 Å². The Morgan fingerprint density at radius 1 is 1.00 bits per heavy atom. The third-order valence-electron chi connectivity index (χ3n) is 3.29. The van der Waals surface area contributed by atoms with Crippen molar-refractivity contribution >= 4 is 33.7 Å². The SMILES string of the molecule is CCOC(=O)C(C(=O)OCC)[C@H](CC(C)=O)c1ccc(Br)cc1. The van der Waals surface area contributed by atoms with Crippen LogP contribution in [0.3, 0.4) is 0 Å². The zero-order chi connectivity index (χ0) is 17.4. The van der Waals surface area contributed by atoms with E-state index in [-0.39, 0.29) is 25.4 Å². The van der Waals surface area contributed by atoms with Gasteiger partial charge in [-0.05, 0) is 38.5 Å². The third-order valence-corrected chi connectivity index (χ3v) is 3.82. The van der Waals surface area contributed by atoms with Crippen molar-refractivity contribution in [3.63, 3.8) is 0 Å². The van der Waals surface area contributed by atoms with E-state index in [2.05, 4.69) is 15.9 Å². The Bertz CT molecular complexity index is 535. The highest BCUT2D eigenvalue weighted by Gasteiger charge is 2.38. The minimum absolute atomic E-state index is 0.0595. The van der Waals surface area contributed by atoms with Crippen LogP contribution < -0.4 is 0 Å². The molecule has 0 saturated heterocycles. The molecule has 0 aliphatic rings. The maximum atomic E-state index is 12.3. The quantitative estimate of drug-likeness (QED) is 0.508. The second kappa shape index (κ2) is 9.45. The number of hydrogen-bond acceptors (Lipinski definition) is 5. The number of hydrogen-bond donors (Lipinski definition) is 0. The van der Waals surface area contributed by atoms with Crippen LogP contribution in [-0.4, -0.2) is 30.9 Å². The maximum Gasteiger partial charge on any atom is 0.320 e. The Labute approximate surface area is 144 Å². The monoisotopic (exact) mass is 384 g/mol. The van der Waals surface area contributed by atoms with E-state index in [9.17, 15) is 14.4 Å². The first kappa shape index (κ1) is 19.4. The average molecular weight is 385 g/mol. The van der Waals surface area contributed by atoms with Crippen LogP contribution in [0.15, 0.2) is 28.7 Å². The molecular weight excluding hydrogens is 364 g/mol. The maximum absolute atomic E-state index is 12.3. The molecule has 0 bridgehead atoms. The Hall–Kier alpha value is -1.69. The normalized spacial score (nSPS) is 11.9. The molecule has 0 aliphatic heterocycles. The molecule has 23 heavy (non-hydrogen) atoms. The predicted octanol–water partition coefficient (Wildman–Crippen LogP) is 3.25. The van der Waals surface area contributed by atoms with Crippen molar-refractivity contribution in [3.05, 3.63) is 34.3 Å². The first-order chi connectivity index (χ1) is 10.9. The Morgan fingerprint density at radius 2 is 1.48 bits per heavy atom. The van der Waals surface area contributed by atoms with Crippen LogP contribution in [0.5, 0.6) is 0 Å². The highest BCUT2D eigenvalue weighted by molar-refractivity contribution is 9.10. The lowest BCUT2D eigenvalue weighted by atomic mass is 9.82. The molecule has 0 amide bonds. The fourth-order valence-electron chi connectivity index (χ4n) is 2.34. The summed E-state index contributed by atoms with van der Waals surface area (Å²) in [6, 6.07) is 7.16. The smallest absolute Gasteiger partial charge is 0.320 e. The highest BCUT2D eigenvalue weighted by Crippen LogP contribution is 2.31. The van der Waals surface area contributed by atoms with Crippen LogP contribution in [0.4, 0.5) is 0 Å². The second-order valence-electron chi connectivity index (χ2n) is 5.05. The molecule has 0 saturated carbocycles. The van der Waals surface area contributed by atoms with Crippen molar-refractivity contribution in [1.82, 2.24) is 0 Å². The van der Waals surface area contributed by atoms with Crippen LogP contribution in [0, 0.1) is 5.92 Å². The number of Topliss-reactive ketones (excluding diaryl/α,β-unsaturated/α-hetero) is 1. The van der Waals surface area contributed by atoms with Gasteiger partial charge in [0.1, 0.15) is 5.78 Å². The van der Waals surface area contributed by atoms with Crippen molar-refractivity contribution in [2.45, 2.75) is 33.1 Å². The van der Waals surface area contributed by atoms with Gasteiger partial charge in [0.15, 0.2) is 5.92 Å². The van der Waals surface area contributed by atoms with E-state index < -0.39 is 23.8 Å². The number of esters is 2. The van der Waals surface area contributed by atoms with E-state index in [0.717, 1.165) is 10.0 Å². The van der Waals surface area contributed by atoms with Gasteiger partial charge in [0, 0.05) is 16.8 Å². The van der Waals surface area contributed by atoms with Gasteiger partial charge in [0.25, 0.3) is 0 Å². The number of carbonyl (C=O) groups excluding carboxylic acids is 3. The molecule has 1 aromatic rings. The fraction of sp³-hybridized carbons (Fsp3) is 0.471. The molecule has 0 spiro atoms. The lowest BCUT2D eigenvalue weighted by molar-refractivity contribution is -0.162. The van der Waals surface area contributed by atoms with Crippen LogP contribution in [0.25, 0.3) is 0 Å². The average Bonchev–Trinajstić information content (AvgIpc) is 2.47. The minimum atomic E-state index is -1.15. The van der Waals surface area contributed by atoms with E-state index in [4.69, 9.17) is 9.47 Å². The summed E-state index contributed by atoms with van der Waals surface area (Å²) in [6.45, 7) is 5.07. The summed E-state index contributed by atoms with van der Waals surface area (Å²) in [6.07, 6.45) is 0.0595. The van der Waals surface area contributed by atoms with Crippen molar-refractivity contribution < 1.29 is 23.9 Å². The van der Waals surface area contributed by atoms with Crippen molar-refractivity contribution in [2.24, 2.45) is 5.92 Å². The number of halogens is 1. The molecule has 0 unspecified atom stereocenters. The first-order valence-electron chi connectivity index (χ1n) is 7.48.